The molecule has 2 N–H and O–H groups in total. The minimum Gasteiger partial charge on any atom is -0.494 e. The lowest BCUT2D eigenvalue weighted by atomic mass is 10.1. The first-order valence-corrected chi connectivity index (χ1v) is 4.15. The topological polar surface area (TPSA) is 59.0 Å². The Morgan fingerprint density at radius 3 is 2.86 bits per heavy atom. The Hall–Kier alpha value is -1.60. The Bertz CT molecular complexity index is 360. The molecule has 74 valence electrons. The smallest absolute Gasteiger partial charge is 0.165 e. The fraction of sp³-hybridized carbons (Fsp3) is 0.300. The van der Waals surface area contributed by atoms with Crippen LogP contribution in [0, 0.1) is 17.1 Å². The SMILES string of the molecule is COc1ccc(C[C@H](N)C#N)cc1F. The van der Waals surface area contributed by atoms with Crippen LogP contribution < -0.4 is 10.5 Å². The molecule has 0 aromatic heterocycles. The summed E-state index contributed by atoms with van der Waals surface area (Å²) in [5, 5.41) is 8.47. The van der Waals surface area contributed by atoms with Crippen molar-refractivity contribution in [3.8, 4) is 11.8 Å². The molecule has 3 nitrogen and oxygen atoms in total. The number of hydrogen-bond donors (Lipinski definition) is 1. The van der Waals surface area contributed by atoms with Gasteiger partial charge >= 0.3 is 0 Å². The van der Waals surface area contributed by atoms with Gasteiger partial charge in [-0.05, 0) is 17.7 Å². The van der Waals surface area contributed by atoms with Crippen LogP contribution in [0.4, 0.5) is 4.39 Å². The van der Waals surface area contributed by atoms with Crippen LogP contribution in [0.1, 0.15) is 5.56 Å². The zero-order chi connectivity index (χ0) is 10.6. The van der Waals surface area contributed by atoms with Crippen molar-refractivity contribution >= 4 is 0 Å². The van der Waals surface area contributed by atoms with Gasteiger partial charge in [-0.15, -0.1) is 0 Å². The molecule has 0 aliphatic rings. The number of rotatable bonds is 3. The van der Waals surface area contributed by atoms with E-state index < -0.39 is 11.9 Å². The molecule has 0 fully saturated rings. The second kappa shape index (κ2) is 4.58. The lowest BCUT2D eigenvalue weighted by Gasteiger charge is -2.05. The van der Waals surface area contributed by atoms with Crippen molar-refractivity contribution in [1.29, 1.82) is 5.26 Å². The lowest BCUT2D eigenvalue weighted by molar-refractivity contribution is 0.386. The molecule has 0 aliphatic heterocycles. The Morgan fingerprint density at radius 1 is 1.64 bits per heavy atom. The predicted octanol–water partition coefficient (Wildman–Crippen LogP) is 1.23. The van der Waals surface area contributed by atoms with E-state index in [1.165, 1.54) is 19.2 Å². The second-order valence-electron chi connectivity index (χ2n) is 2.91. The molecular formula is C10H11FN2O. The van der Waals surface area contributed by atoms with E-state index in [0.717, 1.165) is 0 Å². The van der Waals surface area contributed by atoms with Crippen molar-refractivity contribution in [2.45, 2.75) is 12.5 Å². The predicted molar refractivity (Wildman–Crippen MR) is 50.2 cm³/mol. The van der Waals surface area contributed by atoms with Gasteiger partial charge in [0.15, 0.2) is 11.6 Å². The molecule has 1 aromatic rings. The molecule has 0 aliphatic carbocycles. The number of halogens is 1. The molecular weight excluding hydrogens is 183 g/mol. The van der Waals surface area contributed by atoms with E-state index in [2.05, 4.69) is 0 Å². The molecule has 0 saturated carbocycles. The van der Waals surface area contributed by atoms with Crippen LogP contribution in [0.15, 0.2) is 18.2 Å². The van der Waals surface area contributed by atoms with E-state index in [4.69, 9.17) is 15.7 Å². The van der Waals surface area contributed by atoms with Crippen LogP contribution in [0.2, 0.25) is 0 Å². The third kappa shape index (κ3) is 2.44. The van der Waals surface area contributed by atoms with Gasteiger partial charge in [-0.25, -0.2) is 4.39 Å². The van der Waals surface area contributed by atoms with Crippen molar-refractivity contribution in [1.82, 2.24) is 0 Å². The first-order valence-electron chi connectivity index (χ1n) is 4.15. The average Bonchev–Trinajstić information content (AvgIpc) is 2.18. The number of nitrogens with two attached hydrogens (primary N) is 1. The minimum atomic E-state index is -0.595. The van der Waals surface area contributed by atoms with Crippen LogP contribution in [0.5, 0.6) is 5.75 Å². The molecule has 0 bridgehead atoms. The highest BCUT2D eigenvalue weighted by Gasteiger charge is 2.06. The van der Waals surface area contributed by atoms with Crippen molar-refractivity contribution in [2.24, 2.45) is 5.73 Å². The third-order valence-corrected chi connectivity index (χ3v) is 1.84. The fourth-order valence-corrected chi connectivity index (χ4v) is 1.14. The van der Waals surface area contributed by atoms with Crippen molar-refractivity contribution in [3.63, 3.8) is 0 Å². The molecule has 0 spiro atoms. The van der Waals surface area contributed by atoms with Crippen LogP contribution in [-0.4, -0.2) is 13.2 Å². The van der Waals surface area contributed by atoms with E-state index >= 15 is 0 Å². The van der Waals surface area contributed by atoms with Crippen LogP contribution in [0.25, 0.3) is 0 Å². The van der Waals surface area contributed by atoms with Gasteiger partial charge in [-0.1, -0.05) is 6.07 Å². The molecule has 0 saturated heterocycles. The van der Waals surface area contributed by atoms with E-state index in [9.17, 15) is 4.39 Å². The molecule has 1 rings (SSSR count). The highest BCUT2D eigenvalue weighted by Crippen LogP contribution is 2.18. The molecule has 1 atom stereocenters. The van der Waals surface area contributed by atoms with Crippen molar-refractivity contribution < 1.29 is 9.13 Å². The van der Waals surface area contributed by atoms with Crippen molar-refractivity contribution in [3.05, 3.63) is 29.6 Å². The van der Waals surface area contributed by atoms with E-state index in [1.54, 1.807) is 6.07 Å². The maximum absolute atomic E-state index is 13.2. The van der Waals surface area contributed by atoms with E-state index in [0.29, 0.717) is 12.0 Å². The van der Waals surface area contributed by atoms with Crippen LogP contribution in [0.3, 0.4) is 0 Å². The van der Waals surface area contributed by atoms with Gasteiger partial charge in [-0.2, -0.15) is 5.26 Å². The fourth-order valence-electron chi connectivity index (χ4n) is 1.14. The van der Waals surface area contributed by atoms with Gasteiger partial charge in [0.25, 0.3) is 0 Å². The number of nitriles is 1. The van der Waals surface area contributed by atoms with Gasteiger partial charge in [-0.3, -0.25) is 0 Å². The van der Waals surface area contributed by atoms with Crippen LogP contribution >= 0.6 is 0 Å². The summed E-state index contributed by atoms with van der Waals surface area (Å²) in [6, 6.07) is 5.84. The Kier molecular flexibility index (Phi) is 3.43. The highest BCUT2D eigenvalue weighted by atomic mass is 19.1. The summed E-state index contributed by atoms with van der Waals surface area (Å²) >= 11 is 0. The van der Waals surface area contributed by atoms with Gasteiger partial charge in [0.1, 0.15) is 0 Å². The summed E-state index contributed by atoms with van der Waals surface area (Å²) in [7, 11) is 1.40. The van der Waals surface area contributed by atoms with Gasteiger partial charge in [0, 0.05) is 6.42 Å². The number of hydrogen-bond acceptors (Lipinski definition) is 3. The van der Waals surface area contributed by atoms with Crippen molar-refractivity contribution in [2.75, 3.05) is 7.11 Å². The summed E-state index contributed by atoms with van der Waals surface area (Å²) in [5.41, 5.74) is 6.10. The number of methoxy groups -OCH3 is 1. The molecule has 1 aromatic carbocycles. The van der Waals surface area contributed by atoms with Crippen LogP contribution in [-0.2, 0) is 6.42 Å². The lowest BCUT2D eigenvalue weighted by Crippen LogP contribution is -2.20. The standard InChI is InChI=1S/C10H11FN2O/c1-14-10-3-2-7(5-9(10)11)4-8(13)6-12/h2-3,5,8H,4,13H2,1H3/t8-/m0/s1. The Morgan fingerprint density at radius 2 is 2.36 bits per heavy atom. The quantitative estimate of drug-likeness (QED) is 0.787. The summed E-state index contributed by atoms with van der Waals surface area (Å²) in [6.07, 6.45) is 0.345. The zero-order valence-corrected chi connectivity index (χ0v) is 7.83. The average molecular weight is 194 g/mol. The molecule has 0 heterocycles. The molecule has 14 heavy (non-hydrogen) atoms. The normalized spacial score (nSPS) is 11.9. The monoisotopic (exact) mass is 194 g/mol. The first-order chi connectivity index (χ1) is 6.67. The highest BCUT2D eigenvalue weighted by molar-refractivity contribution is 5.30. The largest absolute Gasteiger partial charge is 0.494 e. The molecule has 0 amide bonds. The Labute approximate surface area is 81.9 Å². The minimum absolute atomic E-state index is 0.194. The maximum Gasteiger partial charge on any atom is 0.165 e. The number of benzene rings is 1. The van der Waals surface area contributed by atoms with E-state index in [-0.39, 0.29) is 5.75 Å². The molecule has 0 radical (unpaired) electrons. The van der Waals surface area contributed by atoms with Gasteiger partial charge in [0.2, 0.25) is 0 Å². The summed E-state index contributed by atoms with van der Waals surface area (Å²) in [4.78, 5) is 0. The summed E-state index contributed by atoms with van der Waals surface area (Å²) in [5.74, 6) is -0.241. The molecule has 0 unspecified atom stereocenters. The second-order valence-corrected chi connectivity index (χ2v) is 2.91. The van der Waals surface area contributed by atoms with Gasteiger partial charge < -0.3 is 10.5 Å². The number of ether oxygens (including phenoxy) is 1. The third-order valence-electron chi connectivity index (χ3n) is 1.84. The maximum atomic E-state index is 13.2. The molecule has 4 heteroatoms. The van der Waals surface area contributed by atoms with E-state index in [1.807, 2.05) is 6.07 Å². The summed E-state index contributed by atoms with van der Waals surface area (Å²) in [6.45, 7) is 0. The Balaban J connectivity index is 2.82. The first kappa shape index (κ1) is 10.5. The zero-order valence-electron chi connectivity index (χ0n) is 7.83. The number of nitrogens with zero attached hydrogens (tertiary/aromatic N) is 1. The summed E-state index contributed by atoms with van der Waals surface area (Å²) < 4.78 is 17.9. The van der Waals surface area contributed by atoms with Gasteiger partial charge in [0.05, 0.1) is 19.2 Å².